The molecule has 3 aromatic carbocycles. The van der Waals surface area contributed by atoms with E-state index in [2.05, 4.69) is 31.4 Å². The Hall–Kier alpha value is -3.87. The molecule has 2 aliphatic heterocycles. The summed E-state index contributed by atoms with van der Waals surface area (Å²) < 4.78 is 41.9. The van der Waals surface area contributed by atoms with Gasteiger partial charge in [-0.05, 0) is 41.5 Å². The minimum Gasteiger partial charge on any atom is -0.392 e. The van der Waals surface area contributed by atoms with Gasteiger partial charge in [0.25, 0.3) is 10.0 Å². The molecule has 2 N–H and O–H groups in total. The van der Waals surface area contributed by atoms with Gasteiger partial charge in [-0.15, -0.1) is 0 Å². The van der Waals surface area contributed by atoms with Crippen molar-refractivity contribution in [3.63, 3.8) is 0 Å². The van der Waals surface area contributed by atoms with Crippen molar-refractivity contribution in [2.45, 2.75) is 36.9 Å². The molecule has 11 heteroatoms. The molecule has 1 aromatic heterocycles. The van der Waals surface area contributed by atoms with Crippen LogP contribution >= 0.6 is 0 Å². The van der Waals surface area contributed by atoms with Gasteiger partial charge in [-0.1, -0.05) is 61.5 Å². The average molecular weight is 616 g/mol. The summed E-state index contributed by atoms with van der Waals surface area (Å²) in [4.78, 5) is 13.6. The Bertz CT molecular complexity index is 1620. The van der Waals surface area contributed by atoms with E-state index in [-0.39, 0.29) is 29.6 Å². The van der Waals surface area contributed by atoms with Crippen molar-refractivity contribution >= 4 is 21.7 Å². The first-order chi connectivity index (χ1) is 21.4. The number of aliphatic hydroxyl groups is 1. The van der Waals surface area contributed by atoms with Crippen molar-refractivity contribution in [3.8, 4) is 0 Å². The number of sulfonamides is 1. The van der Waals surface area contributed by atoms with E-state index in [0.717, 1.165) is 55.4 Å². The van der Waals surface area contributed by atoms with Crippen LogP contribution in [0.4, 0.5) is 11.6 Å². The topological polar surface area (TPSA) is 117 Å². The quantitative estimate of drug-likeness (QED) is 0.283. The highest BCUT2D eigenvalue weighted by Crippen LogP contribution is 2.42. The van der Waals surface area contributed by atoms with Gasteiger partial charge < -0.3 is 19.5 Å². The zero-order chi connectivity index (χ0) is 30.5. The van der Waals surface area contributed by atoms with E-state index in [9.17, 15) is 13.5 Å². The molecule has 2 saturated heterocycles. The van der Waals surface area contributed by atoms with Crippen molar-refractivity contribution in [3.05, 3.63) is 114 Å². The van der Waals surface area contributed by atoms with Gasteiger partial charge in [0.2, 0.25) is 5.95 Å². The number of hydrogen-bond acceptors (Lipinski definition) is 9. The predicted octanol–water partition coefficient (Wildman–Crippen LogP) is 4.38. The Morgan fingerprint density at radius 2 is 1.59 bits per heavy atom. The number of anilines is 2. The summed E-state index contributed by atoms with van der Waals surface area (Å²) in [6.07, 6.45) is 2.40. The molecule has 6 rings (SSSR count). The maximum atomic E-state index is 13.0. The summed E-state index contributed by atoms with van der Waals surface area (Å²) in [6, 6.07) is 25.1. The van der Waals surface area contributed by atoms with Crippen LogP contribution in [0.3, 0.4) is 0 Å². The highest BCUT2D eigenvalue weighted by Gasteiger charge is 2.39. The third kappa shape index (κ3) is 6.92. The Labute approximate surface area is 258 Å². The third-order valence-corrected chi connectivity index (χ3v) is 9.63. The molecule has 0 radical (unpaired) electrons. The number of aliphatic hydroxyl groups excluding tert-OH is 1. The normalized spacial score (nSPS) is 22.9. The van der Waals surface area contributed by atoms with E-state index < -0.39 is 16.3 Å². The number of piperazine rings is 1. The van der Waals surface area contributed by atoms with E-state index in [1.807, 2.05) is 36.4 Å². The fraction of sp³-hybridized carbons (Fsp3) is 0.333. The number of hydrogen-bond donors (Lipinski definition) is 2. The zero-order valence-corrected chi connectivity index (χ0v) is 25.4. The first-order valence-electron chi connectivity index (χ1n) is 14.8. The van der Waals surface area contributed by atoms with Crippen molar-refractivity contribution in [1.82, 2.24) is 14.9 Å². The summed E-state index contributed by atoms with van der Waals surface area (Å²) >= 11 is 0. The summed E-state index contributed by atoms with van der Waals surface area (Å²) in [5.41, 5.74) is 2.98. The maximum Gasteiger partial charge on any atom is 0.261 e. The molecule has 0 bridgehead atoms. The SMILES string of the molecule is C[C@H]1[C@@H](CN2CCN(c3ncccn3)CC2)OC(c2cccc(NS(=O)(=O)c3ccccc3)c2)O[C@H]1c1ccc(CO)cc1. The molecule has 10 nitrogen and oxygen atoms in total. The molecule has 3 heterocycles. The lowest BCUT2D eigenvalue weighted by atomic mass is 9.90. The maximum absolute atomic E-state index is 13.0. The second kappa shape index (κ2) is 13.4. The summed E-state index contributed by atoms with van der Waals surface area (Å²) in [7, 11) is -3.76. The summed E-state index contributed by atoms with van der Waals surface area (Å²) in [5.74, 6) is 0.776. The van der Waals surface area contributed by atoms with E-state index in [1.165, 1.54) is 0 Å². The fourth-order valence-corrected chi connectivity index (χ4v) is 6.80. The number of nitrogens with one attached hydrogen (secondary N) is 1. The molecule has 4 atom stereocenters. The first kappa shape index (κ1) is 30.2. The Kier molecular flexibility index (Phi) is 9.20. The van der Waals surface area contributed by atoms with Gasteiger partial charge in [0, 0.05) is 62.3 Å². The molecule has 230 valence electrons. The molecule has 0 spiro atoms. The Morgan fingerprint density at radius 1 is 0.864 bits per heavy atom. The zero-order valence-electron chi connectivity index (χ0n) is 24.6. The van der Waals surface area contributed by atoms with Crippen molar-refractivity contribution in [2.24, 2.45) is 5.92 Å². The molecular weight excluding hydrogens is 578 g/mol. The van der Waals surface area contributed by atoms with Crippen LogP contribution in [-0.2, 0) is 26.1 Å². The molecule has 44 heavy (non-hydrogen) atoms. The van der Waals surface area contributed by atoms with E-state index in [1.54, 1.807) is 60.9 Å². The van der Waals surface area contributed by atoms with Gasteiger partial charge in [0.05, 0.1) is 23.7 Å². The lowest BCUT2D eigenvalue weighted by Crippen LogP contribution is -2.51. The van der Waals surface area contributed by atoms with Crippen LogP contribution in [0.2, 0.25) is 0 Å². The average Bonchev–Trinajstić information content (AvgIpc) is 3.07. The summed E-state index contributed by atoms with van der Waals surface area (Å²) in [6.45, 7) is 6.18. The van der Waals surface area contributed by atoms with Crippen LogP contribution in [0.15, 0.2) is 102 Å². The molecule has 0 amide bonds. The van der Waals surface area contributed by atoms with Crippen molar-refractivity contribution < 1.29 is 23.0 Å². The molecule has 4 aromatic rings. The van der Waals surface area contributed by atoms with Crippen LogP contribution in [0, 0.1) is 5.92 Å². The van der Waals surface area contributed by atoms with Gasteiger partial charge in [-0.3, -0.25) is 9.62 Å². The van der Waals surface area contributed by atoms with Crippen molar-refractivity contribution in [1.29, 1.82) is 0 Å². The highest BCUT2D eigenvalue weighted by atomic mass is 32.2. The van der Waals surface area contributed by atoms with E-state index in [0.29, 0.717) is 5.69 Å². The van der Waals surface area contributed by atoms with Crippen LogP contribution in [0.1, 0.15) is 36.0 Å². The molecule has 0 aliphatic carbocycles. The monoisotopic (exact) mass is 615 g/mol. The van der Waals surface area contributed by atoms with Gasteiger partial charge in [0.15, 0.2) is 6.29 Å². The Morgan fingerprint density at radius 3 is 2.30 bits per heavy atom. The second-order valence-electron chi connectivity index (χ2n) is 11.2. The van der Waals surface area contributed by atoms with Crippen LogP contribution in [0.25, 0.3) is 0 Å². The van der Waals surface area contributed by atoms with Gasteiger partial charge in [-0.2, -0.15) is 0 Å². The van der Waals surface area contributed by atoms with Crippen LogP contribution in [-0.4, -0.2) is 67.2 Å². The molecular formula is C33H37N5O5S. The van der Waals surface area contributed by atoms with Gasteiger partial charge in [0.1, 0.15) is 0 Å². The molecule has 0 saturated carbocycles. The number of rotatable bonds is 9. The predicted molar refractivity (Wildman–Crippen MR) is 167 cm³/mol. The minimum absolute atomic E-state index is 0.0264. The second-order valence-corrected chi connectivity index (χ2v) is 12.9. The molecule has 2 aliphatic rings. The highest BCUT2D eigenvalue weighted by molar-refractivity contribution is 7.92. The van der Waals surface area contributed by atoms with Crippen LogP contribution in [0.5, 0.6) is 0 Å². The molecule has 2 fully saturated rings. The third-order valence-electron chi connectivity index (χ3n) is 8.23. The number of nitrogens with zero attached hydrogens (tertiary/aromatic N) is 4. The van der Waals surface area contributed by atoms with Gasteiger partial charge in [-0.25, -0.2) is 18.4 Å². The van der Waals surface area contributed by atoms with E-state index >= 15 is 0 Å². The number of benzene rings is 3. The lowest BCUT2D eigenvalue weighted by Gasteiger charge is -2.44. The standard InChI is InChI=1S/C33H37N5O5S/c1-24-30(22-37-17-19-38(20-18-37)33-34-15-6-16-35-33)42-32(43-31(24)26-13-11-25(23-39)12-14-26)27-7-5-8-28(21-27)36-44(40,41)29-9-3-2-4-10-29/h2-16,21,24,30-32,36,39H,17-20,22-23H2,1H3/t24-,30+,31+,32?/m0/s1. The number of aromatic nitrogens is 2. The minimum atomic E-state index is -3.76. The summed E-state index contributed by atoms with van der Waals surface area (Å²) in [5, 5.41) is 9.56. The largest absolute Gasteiger partial charge is 0.392 e. The lowest BCUT2D eigenvalue weighted by molar-refractivity contribution is -0.276. The molecule has 1 unspecified atom stereocenters. The smallest absolute Gasteiger partial charge is 0.261 e. The number of ether oxygens (including phenoxy) is 2. The Balaban J connectivity index is 1.21. The van der Waals surface area contributed by atoms with Crippen LogP contribution < -0.4 is 9.62 Å². The first-order valence-corrected chi connectivity index (χ1v) is 16.3. The van der Waals surface area contributed by atoms with Crippen molar-refractivity contribution in [2.75, 3.05) is 42.3 Å². The fourth-order valence-electron chi connectivity index (χ4n) is 5.73. The van der Waals surface area contributed by atoms with Gasteiger partial charge >= 0.3 is 0 Å². The van der Waals surface area contributed by atoms with E-state index in [4.69, 9.17) is 9.47 Å².